The number of nitrogens with one attached hydrogen (secondary N) is 1. The van der Waals surface area contributed by atoms with Gasteiger partial charge in [-0.3, -0.25) is 4.79 Å². The molecule has 0 aromatic heterocycles. The van der Waals surface area contributed by atoms with Gasteiger partial charge in [0.25, 0.3) is 0 Å². The molecule has 20 heavy (non-hydrogen) atoms. The van der Waals surface area contributed by atoms with E-state index in [2.05, 4.69) is 28.2 Å². The summed E-state index contributed by atoms with van der Waals surface area (Å²) in [4.78, 5) is 11.8. The fraction of sp³-hybridized carbons (Fsp3) is 0.941. The summed E-state index contributed by atoms with van der Waals surface area (Å²) in [7, 11) is 0. The van der Waals surface area contributed by atoms with Gasteiger partial charge in [-0.25, -0.2) is 0 Å². The predicted octanol–water partition coefficient (Wildman–Crippen LogP) is 5.05. The predicted molar refractivity (Wildman–Crippen MR) is 90.2 cm³/mol. The van der Waals surface area contributed by atoms with E-state index in [1.54, 1.807) is 0 Å². The van der Waals surface area contributed by atoms with Crippen molar-refractivity contribution in [3.8, 4) is 0 Å². The molecule has 1 rings (SSSR count). The summed E-state index contributed by atoms with van der Waals surface area (Å²) in [5.74, 6) is 1.74. The fourth-order valence-electron chi connectivity index (χ4n) is 3.16. The van der Waals surface area contributed by atoms with Crippen molar-refractivity contribution in [1.82, 2.24) is 5.32 Å². The standard InChI is InChI=1S/C17H32BrNO/c1-2-3-4-5-6-7-8-12-17(20)19-14-16-11-9-10-15(16)13-18/h15-16H,2-14H2,1H3,(H,19,20). The lowest BCUT2D eigenvalue weighted by atomic mass is 9.98. The SMILES string of the molecule is CCCCCCCCCC(=O)NCC1CCCC1CBr. The van der Waals surface area contributed by atoms with Crippen LogP contribution in [0, 0.1) is 11.8 Å². The van der Waals surface area contributed by atoms with Gasteiger partial charge in [0, 0.05) is 18.3 Å². The third-order valence-electron chi connectivity index (χ3n) is 4.58. The van der Waals surface area contributed by atoms with Crippen LogP contribution < -0.4 is 5.32 Å². The van der Waals surface area contributed by atoms with Gasteiger partial charge in [0.05, 0.1) is 0 Å². The van der Waals surface area contributed by atoms with Crippen LogP contribution in [0.25, 0.3) is 0 Å². The summed E-state index contributed by atoms with van der Waals surface area (Å²) in [6, 6.07) is 0. The van der Waals surface area contributed by atoms with Crippen LogP contribution in [0.5, 0.6) is 0 Å². The molecule has 0 spiro atoms. The van der Waals surface area contributed by atoms with E-state index < -0.39 is 0 Å². The van der Waals surface area contributed by atoms with E-state index in [-0.39, 0.29) is 5.91 Å². The van der Waals surface area contributed by atoms with E-state index in [0.29, 0.717) is 5.92 Å². The molecule has 0 heterocycles. The molecule has 1 aliphatic carbocycles. The number of carbonyl (C=O) groups excluding carboxylic acids is 1. The van der Waals surface area contributed by atoms with Gasteiger partial charge in [0.1, 0.15) is 0 Å². The number of halogens is 1. The van der Waals surface area contributed by atoms with Crippen molar-refractivity contribution in [2.45, 2.75) is 77.6 Å². The van der Waals surface area contributed by atoms with E-state index in [1.165, 1.54) is 57.8 Å². The molecule has 2 atom stereocenters. The number of hydrogen-bond donors (Lipinski definition) is 1. The maximum Gasteiger partial charge on any atom is 0.220 e. The smallest absolute Gasteiger partial charge is 0.220 e. The first-order valence-electron chi connectivity index (χ1n) is 8.60. The summed E-state index contributed by atoms with van der Waals surface area (Å²) in [5, 5.41) is 4.23. The minimum atomic E-state index is 0.263. The molecule has 1 saturated carbocycles. The second-order valence-corrected chi connectivity index (χ2v) is 6.93. The van der Waals surface area contributed by atoms with Gasteiger partial charge in [-0.2, -0.15) is 0 Å². The molecule has 1 amide bonds. The third-order valence-corrected chi connectivity index (χ3v) is 5.42. The van der Waals surface area contributed by atoms with Crippen molar-refractivity contribution in [3.05, 3.63) is 0 Å². The average Bonchev–Trinajstić information content (AvgIpc) is 2.91. The monoisotopic (exact) mass is 345 g/mol. The first kappa shape index (κ1) is 18.0. The van der Waals surface area contributed by atoms with Crippen LogP contribution in [0.3, 0.4) is 0 Å². The van der Waals surface area contributed by atoms with Crippen LogP contribution in [-0.2, 0) is 4.79 Å². The number of unbranched alkanes of at least 4 members (excludes halogenated alkanes) is 6. The van der Waals surface area contributed by atoms with Crippen LogP contribution in [0.2, 0.25) is 0 Å². The van der Waals surface area contributed by atoms with Crippen molar-refractivity contribution in [3.63, 3.8) is 0 Å². The highest BCUT2D eigenvalue weighted by Gasteiger charge is 2.26. The fourth-order valence-corrected chi connectivity index (χ4v) is 4.01. The first-order valence-corrected chi connectivity index (χ1v) is 9.72. The second kappa shape index (κ2) is 11.6. The Bertz CT molecular complexity index is 257. The lowest BCUT2D eigenvalue weighted by Crippen LogP contribution is -2.31. The Morgan fingerprint density at radius 1 is 1.05 bits per heavy atom. The Balaban J connectivity index is 1.95. The van der Waals surface area contributed by atoms with Gasteiger partial charge in [-0.1, -0.05) is 67.8 Å². The molecule has 0 aromatic rings. The summed E-state index contributed by atoms with van der Waals surface area (Å²) in [6.45, 7) is 3.14. The molecule has 2 unspecified atom stereocenters. The van der Waals surface area contributed by atoms with E-state index >= 15 is 0 Å². The van der Waals surface area contributed by atoms with E-state index in [9.17, 15) is 4.79 Å². The molecule has 118 valence electrons. The highest BCUT2D eigenvalue weighted by molar-refractivity contribution is 9.09. The Labute approximate surface area is 133 Å². The zero-order valence-electron chi connectivity index (χ0n) is 13.1. The topological polar surface area (TPSA) is 29.1 Å². The maximum absolute atomic E-state index is 11.8. The van der Waals surface area contributed by atoms with E-state index in [1.807, 2.05) is 0 Å². The molecule has 3 heteroatoms. The number of alkyl halides is 1. The van der Waals surface area contributed by atoms with Gasteiger partial charge in [-0.15, -0.1) is 0 Å². The van der Waals surface area contributed by atoms with Crippen molar-refractivity contribution >= 4 is 21.8 Å². The largest absolute Gasteiger partial charge is 0.356 e. The molecule has 1 aliphatic rings. The van der Waals surface area contributed by atoms with Crippen LogP contribution in [0.15, 0.2) is 0 Å². The molecule has 1 fully saturated rings. The first-order chi connectivity index (χ1) is 9.77. The van der Waals surface area contributed by atoms with Gasteiger partial charge in [0.15, 0.2) is 0 Å². The second-order valence-electron chi connectivity index (χ2n) is 6.28. The Morgan fingerprint density at radius 2 is 1.70 bits per heavy atom. The zero-order valence-corrected chi connectivity index (χ0v) is 14.7. The number of hydrogen-bond acceptors (Lipinski definition) is 1. The van der Waals surface area contributed by atoms with Gasteiger partial charge in [-0.05, 0) is 31.1 Å². The lowest BCUT2D eigenvalue weighted by molar-refractivity contribution is -0.121. The number of rotatable bonds is 11. The van der Waals surface area contributed by atoms with Crippen LogP contribution in [-0.4, -0.2) is 17.8 Å². The molecular formula is C17H32BrNO. The minimum Gasteiger partial charge on any atom is -0.356 e. The van der Waals surface area contributed by atoms with E-state index in [0.717, 1.165) is 30.6 Å². The summed E-state index contributed by atoms with van der Waals surface area (Å²) in [5.41, 5.74) is 0. The molecule has 0 aliphatic heterocycles. The van der Waals surface area contributed by atoms with Gasteiger partial charge >= 0.3 is 0 Å². The minimum absolute atomic E-state index is 0.263. The summed E-state index contributed by atoms with van der Waals surface area (Å²) < 4.78 is 0. The van der Waals surface area contributed by atoms with Crippen LogP contribution in [0.4, 0.5) is 0 Å². The molecule has 0 saturated heterocycles. The van der Waals surface area contributed by atoms with Crippen molar-refractivity contribution < 1.29 is 4.79 Å². The normalized spacial score (nSPS) is 22.1. The van der Waals surface area contributed by atoms with Crippen molar-refractivity contribution in [1.29, 1.82) is 0 Å². The Hall–Kier alpha value is -0.0500. The Morgan fingerprint density at radius 3 is 2.40 bits per heavy atom. The van der Waals surface area contributed by atoms with Gasteiger partial charge in [0.2, 0.25) is 5.91 Å². The molecule has 2 nitrogen and oxygen atoms in total. The van der Waals surface area contributed by atoms with Crippen LogP contribution in [0.1, 0.15) is 77.6 Å². The lowest BCUT2D eigenvalue weighted by Gasteiger charge is -2.17. The molecule has 0 aromatic carbocycles. The maximum atomic E-state index is 11.8. The van der Waals surface area contributed by atoms with E-state index in [4.69, 9.17) is 0 Å². The van der Waals surface area contributed by atoms with Crippen molar-refractivity contribution in [2.75, 3.05) is 11.9 Å². The number of amides is 1. The Kier molecular flexibility index (Phi) is 10.4. The van der Waals surface area contributed by atoms with Gasteiger partial charge < -0.3 is 5.32 Å². The van der Waals surface area contributed by atoms with Crippen LogP contribution >= 0.6 is 15.9 Å². The van der Waals surface area contributed by atoms with Crippen molar-refractivity contribution in [2.24, 2.45) is 11.8 Å². The molecular weight excluding hydrogens is 314 g/mol. The zero-order chi connectivity index (χ0) is 14.6. The number of carbonyl (C=O) groups is 1. The summed E-state index contributed by atoms with van der Waals surface area (Å²) in [6.07, 6.45) is 13.6. The summed E-state index contributed by atoms with van der Waals surface area (Å²) >= 11 is 3.59. The quantitative estimate of drug-likeness (QED) is 0.411. The highest BCUT2D eigenvalue weighted by Crippen LogP contribution is 2.32. The third kappa shape index (κ3) is 7.66. The average molecular weight is 346 g/mol. The molecule has 0 radical (unpaired) electrons. The highest BCUT2D eigenvalue weighted by atomic mass is 79.9. The molecule has 1 N–H and O–H groups in total. The molecule has 0 bridgehead atoms.